The van der Waals surface area contributed by atoms with E-state index in [1.165, 1.54) is 0 Å². The molecule has 0 bridgehead atoms. The van der Waals surface area contributed by atoms with Crippen molar-refractivity contribution >= 4 is 40.7 Å². The molecule has 0 aliphatic heterocycles. The Morgan fingerprint density at radius 1 is 1.18 bits per heavy atom. The van der Waals surface area contributed by atoms with Crippen molar-refractivity contribution in [1.29, 1.82) is 0 Å². The van der Waals surface area contributed by atoms with Gasteiger partial charge >= 0.3 is 0 Å². The maximum absolute atomic E-state index is 12.4. The third-order valence-corrected chi connectivity index (χ3v) is 3.99. The number of benzene rings is 1. The van der Waals surface area contributed by atoms with Crippen LogP contribution in [0.3, 0.4) is 0 Å². The molecule has 2 amide bonds. The zero-order chi connectivity index (χ0) is 16.2. The molecule has 120 valence electrons. The molecule has 1 aliphatic rings. The Labute approximate surface area is 139 Å². The van der Waals surface area contributed by atoms with E-state index >= 15 is 0 Å². The SMILES string of the molecule is COCCCNC(=O)C1(C(=O)Nc2cc(Cl)cc(Cl)c2)CC1. The van der Waals surface area contributed by atoms with Crippen LogP contribution in [0.4, 0.5) is 5.69 Å². The Kier molecular flexibility index (Phi) is 5.67. The van der Waals surface area contributed by atoms with E-state index in [-0.39, 0.29) is 11.8 Å². The van der Waals surface area contributed by atoms with Gasteiger partial charge in [0.15, 0.2) is 0 Å². The summed E-state index contributed by atoms with van der Waals surface area (Å²) in [5.41, 5.74) is -0.483. The van der Waals surface area contributed by atoms with Crippen LogP contribution in [0.25, 0.3) is 0 Å². The van der Waals surface area contributed by atoms with Crippen molar-refractivity contribution in [2.75, 3.05) is 25.6 Å². The molecule has 1 fully saturated rings. The summed E-state index contributed by atoms with van der Waals surface area (Å²) in [4.78, 5) is 24.6. The molecule has 1 aromatic carbocycles. The predicted octanol–water partition coefficient (Wildman–Crippen LogP) is 2.86. The second-order valence-corrected chi connectivity index (χ2v) is 6.17. The molecule has 0 atom stereocenters. The van der Waals surface area contributed by atoms with E-state index in [1.807, 2.05) is 0 Å². The molecule has 5 nitrogen and oxygen atoms in total. The summed E-state index contributed by atoms with van der Waals surface area (Å²) in [6.07, 6.45) is 1.80. The van der Waals surface area contributed by atoms with Crippen molar-refractivity contribution in [3.8, 4) is 0 Å². The number of carbonyl (C=O) groups is 2. The van der Waals surface area contributed by atoms with Crippen molar-refractivity contribution in [3.05, 3.63) is 28.2 Å². The molecule has 0 spiro atoms. The molecule has 7 heteroatoms. The molecule has 22 heavy (non-hydrogen) atoms. The molecule has 0 saturated heterocycles. The van der Waals surface area contributed by atoms with E-state index in [0.29, 0.717) is 48.1 Å². The summed E-state index contributed by atoms with van der Waals surface area (Å²) in [6, 6.07) is 4.77. The van der Waals surface area contributed by atoms with Gasteiger partial charge in [-0.2, -0.15) is 0 Å². The van der Waals surface area contributed by atoms with Crippen LogP contribution in [0.5, 0.6) is 0 Å². The number of nitrogens with one attached hydrogen (secondary N) is 2. The lowest BCUT2D eigenvalue weighted by Crippen LogP contribution is -2.40. The maximum atomic E-state index is 12.4. The number of methoxy groups -OCH3 is 1. The van der Waals surface area contributed by atoms with Gasteiger partial charge in [0.1, 0.15) is 5.41 Å². The van der Waals surface area contributed by atoms with Gasteiger partial charge < -0.3 is 15.4 Å². The third-order valence-electron chi connectivity index (χ3n) is 3.55. The van der Waals surface area contributed by atoms with E-state index in [2.05, 4.69) is 10.6 Å². The van der Waals surface area contributed by atoms with E-state index < -0.39 is 5.41 Å². The van der Waals surface area contributed by atoms with Crippen LogP contribution in [0.15, 0.2) is 18.2 Å². The highest BCUT2D eigenvalue weighted by Gasteiger charge is 2.56. The minimum absolute atomic E-state index is 0.241. The van der Waals surface area contributed by atoms with Gasteiger partial charge in [0, 0.05) is 36.0 Å². The average Bonchev–Trinajstić information content (AvgIpc) is 3.24. The molecule has 1 aromatic rings. The van der Waals surface area contributed by atoms with E-state index in [1.54, 1.807) is 25.3 Å². The minimum Gasteiger partial charge on any atom is -0.385 e. The average molecular weight is 345 g/mol. The summed E-state index contributed by atoms with van der Waals surface area (Å²) in [5.74, 6) is -0.565. The summed E-state index contributed by atoms with van der Waals surface area (Å²) in [7, 11) is 1.60. The number of rotatable bonds is 7. The van der Waals surface area contributed by atoms with Gasteiger partial charge in [-0.3, -0.25) is 9.59 Å². The monoisotopic (exact) mass is 344 g/mol. The predicted molar refractivity (Wildman–Crippen MR) is 86.3 cm³/mol. The molecule has 2 rings (SSSR count). The number of hydrogen-bond acceptors (Lipinski definition) is 3. The van der Waals surface area contributed by atoms with Crippen molar-refractivity contribution in [1.82, 2.24) is 5.32 Å². The second-order valence-electron chi connectivity index (χ2n) is 5.30. The lowest BCUT2D eigenvalue weighted by molar-refractivity contribution is -0.134. The molecule has 1 saturated carbocycles. The Balaban J connectivity index is 1.94. The van der Waals surface area contributed by atoms with Gasteiger partial charge in [0.25, 0.3) is 0 Å². The molecule has 2 N–H and O–H groups in total. The number of amides is 2. The largest absolute Gasteiger partial charge is 0.385 e. The Morgan fingerprint density at radius 2 is 1.82 bits per heavy atom. The number of carbonyl (C=O) groups excluding carboxylic acids is 2. The zero-order valence-corrected chi connectivity index (χ0v) is 13.8. The third kappa shape index (κ3) is 4.12. The fourth-order valence-electron chi connectivity index (χ4n) is 2.15. The molecule has 0 radical (unpaired) electrons. The summed E-state index contributed by atoms with van der Waals surface area (Å²) in [6.45, 7) is 1.06. The summed E-state index contributed by atoms with van der Waals surface area (Å²) < 4.78 is 4.92. The van der Waals surface area contributed by atoms with Crippen LogP contribution in [-0.4, -0.2) is 32.1 Å². The van der Waals surface area contributed by atoms with Crippen molar-refractivity contribution in [3.63, 3.8) is 0 Å². The molecule has 0 unspecified atom stereocenters. The highest BCUT2D eigenvalue weighted by Crippen LogP contribution is 2.47. The number of anilines is 1. The van der Waals surface area contributed by atoms with Gasteiger partial charge in [-0.1, -0.05) is 23.2 Å². The molecular weight excluding hydrogens is 327 g/mol. The number of ether oxygens (including phenoxy) is 1. The van der Waals surface area contributed by atoms with Crippen LogP contribution >= 0.6 is 23.2 Å². The van der Waals surface area contributed by atoms with Gasteiger partial charge in [0.05, 0.1) is 0 Å². The summed E-state index contributed by atoms with van der Waals surface area (Å²) in [5, 5.41) is 6.35. The fraction of sp³-hybridized carbons (Fsp3) is 0.467. The Hall–Kier alpha value is -1.30. The van der Waals surface area contributed by atoms with Crippen molar-refractivity contribution in [2.24, 2.45) is 5.41 Å². The van der Waals surface area contributed by atoms with Crippen LogP contribution in [0.1, 0.15) is 19.3 Å². The lowest BCUT2D eigenvalue weighted by atomic mass is 10.0. The first-order chi connectivity index (χ1) is 10.5. The molecular formula is C15H18Cl2N2O3. The highest BCUT2D eigenvalue weighted by molar-refractivity contribution is 6.35. The van der Waals surface area contributed by atoms with Crippen molar-refractivity contribution in [2.45, 2.75) is 19.3 Å². The number of hydrogen-bond donors (Lipinski definition) is 2. The Bertz CT molecular complexity index is 554. The molecule has 0 aromatic heterocycles. The van der Waals surface area contributed by atoms with E-state index in [4.69, 9.17) is 27.9 Å². The molecule has 1 aliphatic carbocycles. The first-order valence-corrected chi connectivity index (χ1v) is 7.78. The molecule has 0 heterocycles. The Morgan fingerprint density at radius 3 is 2.36 bits per heavy atom. The topological polar surface area (TPSA) is 67.4 Å². The standard InChI is InChI=1S/C15H18Cl2N2O3/c1-22-6-2-5-18-13(20)15(3-4-15)14(21)19-12-8-10(16)7-11(17)9-12/h7-9H,2-6H2,1H3,(H,18,20)(H,19,21). The van der Waals surface area contributed by atoms with E-state index in [0.717, 1.165) is 0 Å². The quantitative estimate of drug-likeness (QED) is 0.590. The smallest absolute Gasteiger partial charge is 0.240 e. The van der Waals surface area contributed by atoms with Gasteiger partial charge in [0.2, 0.25) is 11.8 Å². The maximum Gasteiger partial charge on any atom is 0.240 e. The highest BCUT2D eigenvalue weighted by atomic mass is 35.5. The zero-order valence-electron chi connectivity index (χ0n) is 12.2. The van der Waals surface area contributed by atoms with Gasteiger partial charge in [-0.05, 0) is 37.5 Å². The second kappa shape index (κ2) is 7.31. The minimum atomic E-state index is -0.970. The van der Waals surface area contributed by atoms with E-state index in [9.17, 15) is 9.59 Å². The van der Waals surface area contributed by atoms with Gasteiger partial charge in [-0.15, -0.1) is 0 Å². The van der Waals surface area contributed by atoms with Crippen LogP contribution < -0.4 is 10.6 Å². The summed E-state index contributed by atoms with van der Waals surface area (Å²) >= 11 is 11.8. The first kappa shape index (κ1) is 17.1. The van der Waals surface area contributed by atoms with Crippen LogP contribution in [-0.2, 0) is 14.3 Å². The van der Waals surface area contributed by atoms with Crippen molar-refractivity contribution < 1.29 is 14.3 Å². The number of halogens is 2. The van der Waals surface area contributed by atoms with Crippen LogP contribution in [0, 0.1) is 5.41 Å². The lowest BCUT2D eigenvalue weighted by Gasteiger charge is -2.15. The van der Waals surface area contributed by atoms with Crippen LogP contribution in [0.2, 0.25) is 10.0 Å². The fourth-order valence-corrected chi connectivity index (χ4v) is 2.67. The first-order valence-electron chi connectivity index (χ1n) is 7.03. The van der Waals surface area contributed by atoms with Gasteiger partial charge in [-0.25, -0.2) is 0 Å². The normalized spacial score (nSPS) is 15.2.